The third kappa shape index (κ3) is 4.08. The van der Waals surface area contributed by atoms with Gasteiger partial charge in [0, 0.05) is 44.6 Å². The van der Waals surface area contributed by atoms with Crippen molar-refractivity contribution in [2.75, 3.05) is 40.0 Å². The highest BCUT2D eigenvalue weighted by molar-refractivity contribution is 5.91. The maximum absolute atomic E-state index is 12.1. The number of hydrogen-bond acceptors (Lipinski definition) is 4. The summed E-state index contributed by atoms with van der Waals surface area (Å²) < 4.78 is 12.3. The molecule has 1 atom stereocenters. The monoisotopic (exact) mass is 344 g/mol. The zero-order valence-electron chi connectivity index (χ0n) is 14.7. The van der Waals surface area contributed by atoms with E-state index in [1.165, 1.54) is 12.7 Å². The highest BCUT2D eigenvalue weighted by Crippen LogP contribution is 2.21. The van der Waals surface area contributed by atoms with Gasteiger partial charge in [-0.05, 0) is 30.2 Å². The molecule has 1 amide bonds. The van der Waals surface area contributed by atoms with E-state index in [4.69, 9.17) is 9.47 Å². The first-order chi connectivity index (χ1) is 12.1. The molecular formula is C19H24N2O4. The van der Waals surface area contributed by atoms with E-state index in [0.717, 1.165) is 17.3 Å². The fourth-order valence-corrected chi connectivity index (χ4v) is 3.37. The molecule has 3 rings (SSSR count). The lowest BCUT2D eigenvalue weighted by Crippen LogP contribution is -2.38. The van der Waals surface area contributed by atoms with Gasteiger partial charge in [0.1, 0.15) is 6.61 Å². The van der Waals surface area contributed by atoms with Crippen LogP contribution >= 0.6 is 0 Å². The van der Waals surface area contributed by atoms with Gasteiger partial charge in [-0.15, -0.1) is 0 Å². The SMILES string of the molecule is COCC(=O)N1CCOC[C@H](Cc2ccc3c(ccn3C(C)=O)c2)C1. The minimum absolute atomic E-state index is 0.00647. The van der Waals surface area contributed by atoms with Crippen LogP contribution in [0.5, 0.6) is 0 Å². The first-order valence-corrected chi connectivity index (χ1v) is 8.54. The normalized spacial score (nSPS) is 18.3. The quantitative estimate of drug-likeness (QED) is 0.851. The van der Waals surface area contributed by atoms with Crippen molar-refractivity contribution in [1.82, 2.24) is 9.47 Å². The predicted molar refractivity (Wildman–Crippen MR) is 94.7 cm³/mol. The molecule has 1 fully saturated rings. The molecule has 6 heteroatoms. The number of amides is 1. The summed E-state index contributed by atoms with van der Waals surface area (Å²) in [6.07, 6.45) is 2.63. The summed E-state index contributed by atoms with van der Waals surface area (Å²) in [6, 6.07) is 8.10. The highest BCUT2D eigenvalue weighted by atomic mass is 16.5. The first-order valence-electron chi connectivity index (χ1n) is 8.54. The van der Waals surface area contributed by atoms with Gasteiger partial charge in [0.15, 0.2) is 0 Å². The summed E-state index contributed by atoms with van der Waals surface area (Å²) in [5, 5.41) is 1.05. The van der Waals surface area contributed by atoms with E-state index in [2.05, 4.69) is 6.07 Å². The summed E-state index contributed by atoms with van der Waals surface area (Å²) in [6.45, 7) is 4.16. The molecule has 1 aliphatic rings. The fraction of sp³-hybridized carbons (Fsp3) is 0.474. The number of carbonyl (C=O) groups excluding carboxylic acids is 2. The van der Waals surface area contributed by atoms with Crippen LogP contribution in [0.25, 0.3) is 10.9 Å². The second-order valence-electron chi connectivity index (χ2n) is 6.52. The van der Waals surface area contributed by atoms with Crippen molar-refractivity contribution < 1.29 is 19.1 Å². The Morgan fingerprint density at radius 3 is 2.92 bits per heavy atom. The Hall–Kier alpha value is -2.18. The second kappa shape index (κ2) is 7.80. The van der Waals surface area contributed by atoms with Crippen molar-refractivity contribution in [3.05, 3.63) is 36.0 Å². The Bertz CT molecular complexity index is 768. The number of hydrogen-bond donors (Lipinski definition) is 0. The van der Waals surface area contributed by atoms with Crippen LogP contribution in [-0.4, -0.2) is 61.3 Å². The zero-order chi connectivity index (χ0) is 17.8. The summed E-state index contributed by atoms with van der Waals surface area (Å²) in [7, 11) is 1.53. The van der Waals surface area contributed by atoms with E-state index in [-0.39, 0.29) is 24.3 Å². The molecule has 0 saturated carbocycles. The van der Waals surface area contributed by atoms with Gasteiger partial charge < -0.3 is 14.4 Å². The fourth-order valence-electron chi connectivity index (χ4n) is 3.37. The third-order valence-electron chi connectivity index (χ3n) is 4.58. The van der Waals surface area contributed by atoms with Crippen molar-refractivity contribution in [3.63, 3.8) is 0 Å². The third-order valence-corrected chi connectivity index (χ3v) is 4.58. The lowest BCUT2D eigenvalue weighted by Gasteiger charge is -2.23. The second-order valence-corrected chi connectivity index (χ2v) is 6.52. The van der Waals surface area contributed by atoms with Crippen molar-refractivity contribution in [2.45, 2.75) is 13.3 Å². The Morgan fingerprint density at radius 1 is 1.32 bits per heavy atom. The molecule has 2 heterocycles. The largest absolute Gasteiger partial charge is 0.379 e. The number of carbonyl (C=O) groups is 2. The van der Waals surface area contributed by atoms with Crippen LogP contribution < -0.4 is 0 Å². The van der Waals surface area contributed by atoms with Crippen LogP contribution in [0.1, 0.15) is 17.3 Å². The maximum atomic E-state index is 12.1. The van der Waals surface area contributed by atoms with Gasteiger partial charge in [-0.2, -0.15) is 0 Å². The van der Waals surface area contributed by atoms with Crippen molar-refractivity contribution >= 4 is 22.7 Å². The molecule has 1 saturated heterocycles. The van der Waals surface area contributed by atoms with Crippen LogP contribution in [-0.2, 0) is 20.7 Å². The molecule has 0 bridgehead atoms. The Kier molecular flexibility index (Phi) is 5.50. The molecule has 0 radical (unpaired) electrons. The maximum Gasteiger partial charge on any atom is 0.248 e. The van der Waals surface area contributed by atoms with Crippen LogP contribution in [0, 0.1) is 5.92 Å². The number of rotatable bonds is 4. The number of nitrogens with zero attached hydrogens (tertiary/aromatic N) is 2. The molecule has 6 nitrogen and oxygen atoms in total. The molecule has 0 spiro atoms. The zero-order valence-corrected chi connectivity index (χ0v) is 14.7. The average molecular weight is 344 g/mol. The summed E-state index contributed by atoms with van der Waals surface area (Å²) in [5.41, 5.74) is 2.11. The number of methoxy groups -OCH3 is 1. The lowest BCUT2D eigenvalue weighted by molar-refractivity contribution is -0.135. The van der Waals surface area contributed by atoms with Gasteiger partial charge in [0.25, 0.3) is 0 Å². The van der Waals surface area contributed by atoms with Gasteiger partial charge >= 0.3 is 0 Å². The Labute approximate surface area is 147 Å². The standard InChI is InChI=1S/C19H24N2O4/c1-14(22)21-6-5-17-10-15(3-4-18(17)21)9-16-11-20(7-8-25-12-16)19(23)13-24-2/h3-6,10,16H,7-9,11-13H2,1-2H3/t16-/m1/s1. The van der Waals surface area contributed by atoms with Crippen molar-refractivity contribution in [2.24, 2.45) is 5.92 Å². The number of fused-ring (bicyclic) bond motifs is 1. The van der Waals surface area contributed by atoms with Crippen LogP contribution in [0.15, 0.2) is 30.5 Å². The van der Waals surface area contributed by atoms with E-state index in [9.17, 15) is 9.59 Å². The summed E-state index contributed by atoms with van der Waals surface area (Å²) >= 11 is 0. The number of benzene rings is 1. The minimum atomic E-state index is 0.00647. The van der Waals surface area contributed by atoms with E-state index in [1.807, 2.05) is 23.1 Å². The molecule has 134 valence electrons. The van der Waals surface area contributed by atoms with Gasteiger partial charge in [-0.25, -0.2) is 0 Å². The van der Waals surface area contributed by atoms with Gasteiger partial charge in [0.2, 0.25) is 11.8 Å². The minimum Gasteiger partial charge on any atom is -0.379 e. The number of aromatic nitrogens is 1. The van der Waals surface area contributed by atoms with E-state index < -0.39 is 0 Å². The predicted octanol–water partition coefficient (Wildman–Crippen LogP) is 1.97. The van der Waals surface area contributed by atoms with Crippen molar-refractivity contribution in [3.8, 4) is 0 Å². The molecule has 1 aliphatic heterocycles. The van der Waals surface area contributed by atoms with Gasteiger partial charge in [0.05, 0.1) is 18.7 Å². The van der Waals surface area contributed by atoms with Gasteiger partial charge in [-0.3, -0.25) is 14.2 Å². The summed E-state index contributed by atoms with van der Waals surface area (Å²) in [4.78, 5) is 25.5. The van der Waals surface area contributed by atoms with Gasteiger partial charge in [-0.1, -0.05) is 6.07 Å². The molecular weight excluding hydrogens is 320 g/mol. The molecule has 2 aromatic rings. The Balaban J connectivity index is 1.73. The van der Waals surface area contributed by atoms with E-state index in [1.54, 1.807) is 17.7 Å². The highest BCUT2D eigenvalue weighted by Gasteiger charge is 2.22. The molecule has 0 unspecified atom stereocenters. The first kappa shape index (κ1) is 17.6. The molecule has 1 aromatic carbocycles. The van der Waals surface area contributed by atoms with E-state index in [0.29, 0.717) is 26.3 Å². The Morgan fingerprint density at radius 2 is 2.16 bits per heavy atom. The molecule has 0 N–H and O–H groups in total. The lowest BCUT2D eigenvalue weighted by atomic mass is 9.98. The number of ether oxygens (including phenoxy) is 2. The molecule has 25 heavy (non-hydrogen) atoms. The van der Waals surface area contributed by atoms with Crippen LogP contribution in [0.4, 0.5) is 0 Å². The smallest absolute Gasteiger partial charge is 0.248 e. The van der Waals surface area contributed by atoms with E-state index >= 15 is 0 Å². The van der Waals surface area contributed by atoms with Crippen molar-refractivity contribution in [1.29, 1.82) is 0 Å². The molecule has 1 aromatic heterocycles. The van der Waals surface area contributed by atoms with Crippen LogP contribution in [0.2, 0.25) is 0 Å². The summed E-state index contributed by atoms with van der Waals surface area (Å²) in [5.74, 6) is 0.259. The van der Waals surface area contributed by atoms with Crippen LogP contribution in [0.3, 0.4) is 0 Å². The molecule has 0 aliphatic carbocycles. The average Bonchev–Trinajstić information content (AvgIpc) is 2.86. The topological polar surface area (TPSA) is 60.8 Å².